The van der Waals surface area contributed by atoms with Gasteiger partial charge in [-0.3, -0.25) is 0 Å². The van der Waals surface area contributed by atoms with Crippen molar-refractivity contribution in [2.24, 2.45) is 0 Å². The predicted octanol–water partition coefficient (Wildman–Crippen LogP) is 2.94. The van der Waals surface area contributed by atoms with Crippen LogP contribution in [-0.4, -0.2) is 23.7 Å². The van der Waals surface area contributed by atoms with E-state index < -0.39 is 12.0 Å². The Morgan fingerprint density at radius 2 is 1.82 bits per heavy atom. The van der Waals surface area contributed by atoms with Crippen LogP contribution in [-0.2, 0) is 11.2 Å². The van der Waals surface area contributed by atoms with Crippen molar-refractivity contribution < 1.29 is 9.90 Å². The minimum Gasteiger partial charge on any atom is -0.480 e. The van der Waals surface area contributed by atoms with Gasteiger partial charge in [0.2, 0.25) is 0 Å². The number of anilines is 1. The molecule has 17 heavy (non-hydrogen) atoms. The quantitative estimate of drug-likeness (QED) is 0.824. The summed E-state index contributed by atoms with van der Waals surface area (Å²) < 4.78 is 0. The molecule has 0 heterocycles. The molecule has 0 amide bonds. The summed E-state index contributed by atoms with van der Waals surface area (Å²) in [6, 6.07) is 7.70. The van der Waals surface area contributed by atoms with Gasteiger partial charge in [0.05, 0.1) is 0 Å². The number of likely N-dealkylation sites (N-methyl/N-ethyl adjacent to an activating group) is 1. The molecule has 3 heteroatoms. The van der Waals surface area contributed by atoms with Crippen LogP contribution in [0.2, 0.25) is 0 Å². The molecule has 0 bridgehead atoms. The van der Waals surface area contributed by atoms with Crippen molar-refractivity contribution in [2.45, 2.75) is 39.7 Å². The molecule has 1 unspecified atom stereocenters. The summed E-state index contributed by atoms with van der Waals surface area (Å²) in [5.41, 5.74) is 2.26. The molecule has 0 radical (unpaired) electrons. The molecule has 3 nitrogen and oxygen atoms in total. The average molecular weight is 235 g/mol. The molecule has 0 aliphatic carbocycles. The van der Waals surface area contributed by atoms with E-state index in [0.29, 0.717) is 13.0 Å². The van der Waals surface area contributed by atoms with Crippen molar-refractivity contribution in [1.29, 1.82) is 0 Å². The van der Waals surface area contributed by atoms with E-state index >= 15 is 0 Å². The Morgan fingerprint density at radius 3 is 2.18 bits per heavy atom. The van der Waals surface area contributed by atoms with Crippen LogP contribution in [0.1, 0.15) is 32.8 Å². The maximum atomic E-state index is 11.2. The van der Waals surface area contributed by atoms with E-state index in [0.717, 1.165) is 12.1 Å². The lowest BCUT2D eigenvalue weighted by molar-refractivity contribution is -0.138. The molecule has 0 aliphatic heterocycles. The molecule has 0 aromatic heterocycles. The standard InChI is InChI=1S/C14H21NO2/c1-4-11-7-9-12(10-8-11)15(6-3)13(5-2)14(16)17/h7-10,13H,4-6H2,1-3H3,(H,16,17). The molecule has 1 aromatic carbocycles. The third kappa shape index (κ3) is 3.22. The first-order chi connectivity index (χ1) is 8.13. The molecule has 0 spiro atoms. The van der Waals surface area contributed by atoms with Crippen LogP contribution in [0.5, 0.6) is 0 Å². The third-order valence-corrected chi connectivity index (χ3v) is 3.06. The normalized spacial score (nSPS) is 12.2. The van der Waals surface area contributed by atoms with E-state index in [2.05, 4.69) is 19.1 Å². The van der Waals surface area contributed by atoms with E-state index in [-0.39, 0.29) is 0 Å². The number of carbonyl (C=O) groups is 1. The Hall–Kier alpha value is -1.51. The van der Waals surface area contributed by atoms with Crippen molar-refractivity contribution in [2.75, 3.05) is 11.4 Å². The molecular weight excluding hydrogens is 214 g/mol. The third-order valence-electron chi connectivity index (χ3n) is 3.06. The van der Waals surface area contributed by atoms with Gasteiger partial charge in [-0.15, -0.1) is 0 Å². The van der Waals surface area contributed by atoms with E-state index in [9.17, 15) is 9.90 Å². The monoisotopic (exact) mass is 235 g/mol. The van der Waals surface area contributed by atoms with Crippen LogP contribution in [0.3, 0.4) is 0 Å². The van der Waals surface area contributed by atoms with Crippen molar-refractivity contribution in [1.82, 2.24) is 0 Å². The van der Waals surface area contributed by atoms with Crippen LogP contribution >= 0.6 is 0 Å². The summed E-state index contributed by atoms with van der Waals surface area (Å²) in [6.07, 6.45) is 1.61. The van der Waals surface area contributed by atoms with Gasteiger partial charge in [0.15, 0.2) is 0 Å². The number of benzene rings is 1. The highest BCUT2D eigenvalue weighted by atomic mass is 16.4. The summed E-state index contributed by atoms with van der Waals surface area (Å²) in [5, 5.41) is 9.20. The van der Waals surface area contributed by atoms with E-state index in [1.54, 1.807) is 0 Å². The van der Waals surface area contributed by atoms with E-state index in [1.165, 1.54) is 5.56 Å². The first kappa shape index (κ1) is 13.6. The zero-order valence-corrected chi connectivity index (χ0v) is 10.8. The fourth-order valence-electron chi connectivity index (χ4n) is 2.03. The minimum absolute atomic E-state index is 0.438. The van der Waals surface area contributed by atoms with Crippen LogP contribution < -0.4 is 4.90 Å². The second-order valence-electron chi connectivity index (χ2n) is 4.07. The Bertz CT molecular complexity index is 359. The zero-order valence-electron chi connectivity index (χ0n) is 10.8. The average Bonchev–Trinajstić information content (AvgIpc) is 2.35. The maximum absolute atomic E-state index is 11.2. The first-order valence-corrected chi connectivity index (χ1v) is 6.22. The first-order valence-electron chi connectivity index (χ1n) is 6.22. The van der Waals surface area contributed by atoms with Gasteiger partial charge in [-0.05, 0) is 37.5 Å². The minimum atomic E-state index is -0.756. The lowest BCUT2D eigenvalue weighted by Crippen LogP contribution is -2.40. The molecule has 0 aliphatic rings. The van der Waals surface area contributed by atoms with E-state index in [4.69, 9.17) is 0 Å². The van der Waals surface area contributed by atoms with Gasteiger partial charge < -0.3 is 10.0 Å². The smallest absolute Gasteiger partial charge is 0.326 e. The van der Waals surface area contributed by atoms with Gasteiger partial charge in [-0.2, -0.15) is 0 Å². The number of aliphatic carboxylic acids is 1. The molecule has 1 atom stereocenters. The van der Waals surface area contributed by atoms with Crippen molar-refractivity contribution in [3.63, 3.8) is 0 Å². The van der Waals surface area contributed by atoms with Crippen LogP contribution in [0.25, 0.3) is 0 Å². The summed E-state index contributed by atoms with van der Waals surface area (Å²) >= 11 is 0. The second kappa shape index (κ2) is 6.28. The summed E-state index contributed by atoms with van der Waals surface area (Å²) in [7, 11) is 0. The van der Waals surface area contributed by atoms with E-state index in [1.807, 2.05) is 30.9 Å². The Morgan fingerprint density at radius 1 is 1.24 bits per heavy atom. The number of hydrogen-bond donors (Lipinski definition) is 1. The number of carboxylic acids is 1. The summed E-state index contributed by atoms with van der Waals surface area (Å²) in [5.74, 6) is -0.756. The van der Waals surface area contributed by atoms with Crippen LogP contribution in [0.4, 0.5) is 5.69 Å². The molecule has 1 rings (SSSR count). The van der Waals surface area contributed by atoms with Gasteiger partial charge >= 0.3 is 5.97 Å². The fraction of sp³-hybridized carbons (Fsp3) is 0.500. The fourth-order valence-corrected chi connectivity index (χ4v) is 2.03. The highest BCUT2D eigenvalue weighted by molar-refractivity contribution is 5.78. The SMILES string of the molecule is CCc1ccc(N(CC)C(CC)C(=O)O)cc1. The molecule has 1 N–H and O–H groups in total. The van der Waals surface area contributed by atoms with Gasteiger partial charge in [0.1, 0.15) is 6.04 Å². The number of rotatable bonds is 6. The molecule has 1 aromatic rings. The largest absolute Gasteiger partial charge is 0.480 e. The number of nitrogens with zero attached hydrogens (tertiary/aromatic N) is 1. The number of hydrogen-bond acceptors (Lipinski definition) is 2. The number of aryl methyl sites for hydroxylation is 1. The van der Waals surface area contributed by atoms with Crippen molar-refractivity contribution in [3.05, 3.63) is 29.8 Å². The lowest BCUT2D eigenvalue weighted by Gasteiger charge is -2.29. The molecule has 94 valence electrons. The Kier molecular flexibility index (Phi) is 5.01. The zero-order chi connectivity index (χ0) is 12.8. The number of carboxylic acid groups (broad SMARTS) is 1. The molecule has 0 fully saturated rings. The Labute approximate surface area is 103 Å². The van der Waals surface area contributed by atoms with Gasteiger partial charge in [-0.25, -0.2) is 4.79 Å². The molecule has 0 saturated heterocycles. The topological polar surface area (TPSA) is 40.5 Å². The van der Waals surface area contributed by atoms with Crippen molar-refractivity contribution in [3.8, 4) is 0 Å². The lowest BCUT2D eigenvalue weighted by atomic mass is 10.1. The van der Waals surface area contributed by atoms with Crippen LogP contribution in [0, 0.1) is 0 Å². The molecular formula is C14H21NO2. The van der Waals surface area contributed by atoms with Crippen molar-refractivity contribution >= 4 is 11.7 Å². The highest BCUT2D eigenvalue weighted by Crippen LogP contribution is 2.19. The summed E-state index contributed by atoms with van der Waals surface area (Å²) in [6.45, 7) is 6.70. The molecule has 0 saturated carbocycles. The summed E-state index contributed by atoms with van der Waals surface area (Å²) in [4.78, 5) is 13.1. The Balaban J connectivity index is 2.95. The van der Waals surface area contributed by atoms with Gasteiger partial charge in [-0.1, -0.05) is 26.0 Å². The predicted molar refractivity (Wildman–Crippen MR) is 70.6 cm³/mol. The maximum Gasteiger partial charge on any atom is 0.326 e. The highest BCUT2D eigenvalue weighted by Gasteiger charge is 2.22. The second-order valence-corrected chi connectivity index (χ2v) is 4.07. The van der Waals surface area contributed by atoms with Gasteiger partial charge in [0.25, 0.3) is 0 Å². The van der Waals surface area contributed by atoms with Gasteiger partial charge in [0, 0.05) is 12.2 Å². The van der Waals surface area contributed by atoms with Crippen LogP contribution in [0.15, 0.2) is 24.3 Å².